The van der Waals surface area contributed by atoms with Gasteiger partial charge >= 0.3 is 0 Å². The molecule has 0 radical (unpaired) electrons. The van der Waals surface area contributed by atoms with Crippen molar-refractivity contribution in [3.63, 3.8) is 0 Å². The van der Waals surface area contributed by atoms with Crippen molar-refractivity contribution in [3.05, 3.63) is 46.8 Å². The molecule has 1 aromatic carbocycles. The second kappa shape index (κ2) is 15.9. The van der Waals surface area contributed by atoms with Crippen molar-refractivity contribution in [3.8, 4) is 0 Å². The van der Waals surface area contributed by atoms with Crippen molar-refractivity contribution in [2.24, 2.45) is 5.16 Å². The maximum absolute atomic E-state index is 13.5. The Hall–Kier alpha value is -1.92. The topological polar surface area (TPSA) is 21.6 Å². The predicted molar refractivity (Wildman–Crippen MR) is 110 cm³/mol. The van der Waals surface area contributed by atoms with Crippen molar-refractivity contribution in [1.29, 1.82) is 0 Å². The summed E-state index contributed by atoms with van der Waals surface area (Å²) in [6.45, 7) is 1.37. The number of halogens is 5. The lowest BCUT2D eigenvalue weighted by molar-refractivity contribution is 0.124. The third-order valence-corrected chi connectivity index (χ3v) is 4.75. The number of unbranched alkanes of at least 4 members (excludes halogenated alkanes) is 10. The summed E-state index contributed by atoms with van der Waals surface area (Å²) in [4.78, 5) is 4.67. The molecule has 0 amide bonds. The number of nitrogens with zero attached hydrogens (tertiary/aromatic N) is 1. The summed E-state index contributed by atoms with van der Waals surface area (Å²) < 4.78 is 66.0. The first-order valence-electron chi connectivity index (χ1n) is 10.8. The van der Waals surface area contributed by atoms with Crippen LogP contribution >= 0.6 is 0 Å². The quantitative estimate of drug-likeness (QED) is 0.0490. The van der Waals surface area contributed by atoms with Crippen LogP contribution in [0.1, 0.15) is 89.5 Å². The smallest absolute Gasteiger partial charge is 0.200 e. The van der Waals surface area contributed by atoms with Crippen LogP contribution in [-0.4, -0.2) is 6.21 Å². The first kappa shape index (κ1) is 26.1. The van der Waals surface area contributed by atoms with Crippen LogP contribution in [0.5, 0.6) is 0 Å². The Morgan fingerprint density at radius 3 is 1.67 bits per heavy atom. The molecule has 0 N–H and O–H groups in total. The third kappa shape index (κ3) is 9.72. The molecule has 2 nitrogen and oxygen atoms in total. The van der Waals surface area contributed by atoms with Crippen molar-refractivity contribution >= 4 is 6.21 Å². The predicted octanol–water partition coefficient (Wildman–Crippen LogP) is 8.14. The number of oxime groups is 1. The van der Waals surface area contributed by atoms with Crippen LogP contribution in [-0.2, 0) is 11.4 Å². The zero-order valence-electron chi connectivity index (χ0n) is 17.7. The SMILES string of the molecule is CCCC/C=C\CCCCCCCCCC=NOCc1c(F)c(F)c(F)c(F)c1F. The first-order valence-corrected chi connectivity index (χ1v) is 10.8. The lowest BCUT2D eigenvalue weighted by Crippen LogP contribution is -2.07. The molecule has 0 aliphatic carbocycles. The number of benzene rings is 1. The average Bonchev–Trinajstić information content (AvgIpc) is 2.75. The lowest BCUT2D eigenvalue weighted by Gasteiger charge is -2.06. The molecule has 0 aliphatic heterocycles. The minimum absolute atomic E-state index is 0.625. The largest absolute Gasteiger partial charge is 0.391 e. The van der Waals surface area contributed by atoms with Crippen LogP contribution in [0.4, 0.5) is 22.0 Å². The molecule has 170 valence electrons. The fourth-order valence-electron chi connectivity index (χ4n) is 2.92. The Labute approximate surface area is 176 Å². The minimum Gasteiger partial charge on any atom is -0.391 e. The van der Waals surface area contributed by atoms with E-state index >= 15 is 0 Å². The highest BCUT2D eigenvalue weighted by Crippen LogP contribution is 2.23. The van der Waals surface area contributed by atoms with Gasteiger partial charge in [-0.15, -0.1) is 0 Å². The van der Waals surface area contributed by atoms with E-state index in [1.54, 1.807) is 0 Å². The van der Waals surface area contributed by atoms with Crippen LogP contribution in [0, 0.1) is 29.1 Å². The van der Waals surface area contributed by atoms with Gasteiger partial charge in [-0.25, -0.2) is 22.0 Å². The molecule has 1 rings (SSSR count). The average molecular weight is 434 g/mol. The van der Waals surface area contributed by atoms with Gasteiger partial charge in [-0.3, -0.25) is 0 Å². The van der Waals surface area contributed by atoms with E-state index in [0.29, 0.717) is 6.42 Å². The van der Waals surface area contributed by atoms with Gasteiger partial charge < -0.3 is 4.84 Å². The summed E-state index contributed by atoms with van der Waals surface area (Å²) in [6.07, 6.45) is 19.4. The summed E-state index contributed by atoms with van der Waals surface area (Å²) >= 11 is 0. The summed E-state index contributed by atoms with van der Waals surface area (Å²) in [5.74, 6) is -9.94. The Balaban J connectivity index is 2.05. The van der Waals surface area contributed by atoms with E-state index in [9.17, 15) is 22.0 Å². The molecule has 0 aliphatic rings. The van der Waals surface area contributed by atoms with Crippen molar-refractivity contribution in [2.45, 2.75) is 90.6 Å². The molecule has 0 heterocycles. The highest BCUT2D eigenvalue weighted by molar-refractivity contribution is 5.56. The van der Waals surface area contributed by atoms with Gasteiger partial charge in [-0.2, -0.15) is 0 Å². The minimum atomic E-state index is -2.18. The molecular weight excluding hydrogens is 401 g/mol. The van der Waals surface area contributed by atoms with Gasteiger partial charge in [0.1, 0.15) is 6.61 Å². The van der Waals surface area contributed by atoms with Crippen LogP contribution in [0.2, 0.25) is 0 Å². The molecule has 0 atom stereocenters. The third-order valence-electron chi connectivity index (χ3n) is 4.75. The van der Waals surface area contributed by atoms with Crippen LogP contribution < -0.4 is 0 Å². The second-order valence-corrected chi connectivity index (χ2v) is 7.28. The number of rotatable bonds is 16. The molecule has 0 bridgehead atoms. The van der Waals surface area contributed by atoms with Gasteiger partial charge in [0.15, 0.2) is 23.3 Å². The number of hydrogen-bond donors (Lipinski definition) is 0. The molecule has 0 spiro atoms. The standard InChI is InChI=1S/C23H32F5NO/c1-2-3-4-5-6-7-8-9-10-11-12-13-14-15-16-29-30-17-18-19(24)21(26)23(28)22(27)20(18)25/h5-6,16H,2-4,7-15,17H2,1H3/b6-5-,29-16?. The molecule has 0 fully saturated rings. The zero-order valence-corrected chi connectivity index (χ0v) is 17.7. The maximum Gasteiger partial charge on any atom is 0.200 e. The van der Waals surface area contributed by atoms with E-state index in [1.807, 2.05) is 0 Å². The molecule has 0 aromatic heterocycles. The van der Waals surface area contributed by atoms with Gasteiger partial charge in [-0.1, -0.05) is 69.2 Å². The second-order valence-electron chi connectivity index (χ2n) is 7.28. The van der Waals surface area contributed by atoms with E-state index in [2.05, 4.69) is 29.1 Å². The lowest BCUT2D eigenvalue weighted by atomic mass is 10.1. The van der Waals surface area contributed by atoms with E-state index < -0.39 is 41.3 Å². The number of hydrogen-bond acceptors (Lipinski definition) is 2. The molecule has 1 aromatic rings. The monoisotopic (exact) mass is 433 g/mol. The van der Waals surface area contributed by atoms with Gasteiger partial charge in [-0.05, 0) is 32.1 Å². The Bertz CT molecular complexity index is 647. The Morgan fingerprint density at radius 1 is 0.633 bits per heavy atom. The van der Waals surface area contributed by atoms with Gasteiger partial charge in [0.2, 0.25) is 5.82 Å². The first-order chi connectivity index (χ1) is 14.5. The van der Waals surface area contributed by atoms with Crippen molar-refractivity contribution in [1.82, 2.24) is 0 Å². The van der Waals surface area contributed by atoms with E-state index in [1.165, 1.54) is 51.2 Å². The highest BCUT2D eigenvalue weighted by Gasteiger charge is 2.25. The van der Waals surface area contributed by atoms with Crippen LogP contribution in [0.15, 0.2) is 17.3 Å². The van der Waals surface area contributed by atoms with Gasteiger partial charge in [0.25, 0.3) is 0 Å². The highest BCUT2D eigenvalue weighted by atomic mass is 19.2. The molecule has 0 saturated carbocycles. The normalized spacial score (nSPS) is 11.8. The van der Waals surface area contributed by atoms with E-state index in [-0.39, 0.29) is 0 Å². The van der Waals surface area contributed by atoms with Crippen LogP contribution in [0.3, 0.4) is 0 Å². The molecular formula is C23H32F5NO. The maximum atomic E-state index is 13.5. The van der Waals surface area contributed by atoms with E-state index in [4.69, 9.17) is 0 Å². The Kier molecular flexibility index (Phi) is 13.8. The summed E-state index contributed by atoms with van der Waals surface area (Å²) in [5.41, 5.74) is -1.03. The van der Waals surface area contributed by atoms with Gasteiger partial charge in [0, 0.05) is 6.21 Å². The summed E-state index contributed by atoms with van der Waals surface area (Å²) in [7, 11) is 0. The molecule has 7 heteroatoms. The molecule has 30 heavy (non-hydrogen) atoms. The fraction of sp³-hybridized carbons (Fsp3) is 0.609. The fourth-order valence-corrected chi connectivity index (χ4v) is 2.92. The van der Waals surface area contributed by atoms with Gasteiger partial charge in [0.05, 0.1) is 5.56 Å². The van der Waals surface area contributed by atoms with Crippen molar-refractivity contribution in [2.75, 3.05) is 0 Å². The summed E-state index contributed by atoms with van der Waals surface area (Å²) in [6, 6.07) is 0. The Morgan fingerprint density at radius 2 is 1.10 bits per heavy atom. The molecule has 0 saturated heterocycles. The van der Waals surface area contributed by atoms with E-state index in [0.717, 1.165) is 25.7 Å². The molecule has 0 unspecified atom stereocenters. The zero-order chi connectivity index (χ0) is 22.2. The number of allylic oxidation sites excluding steroid dienone is 2. The van der Waals surface area contributed by atoms with Crippen LogP contribution in [0.25, 0.3) is 0 Å². The van der Waals surface area contributed by atoms with Crippen molar-refractivity contribution < 1.29 is 26.8 Å². The summed E-state index contributed by atoms with van der Waals surface area (Å²) in [5, 5.41) is 3.52.